The van der Waals surface area contributed by atoms with E-state index >= 15 is 0 Å². The van der Waals surface area contributed by atoms with E-state index in [4.69, 9.17) is 0 Å². The fourth-order valence-electron chi connectivity index (χ4n) is 3.66. The summed E-state index contributed by atoms with van der Waals surface area (Å²) in [5.74, 6) is 0. The SMILES string of the molecule is CCC12CCC(O)CC(C)(CC1)C2. The number of fused-ring (bicyclic) bond motifs is 2. The average molecular weight is 182 g/mol. The van der Waals surface area contributed by atoms with Crippen LogP contribution in [0.1, 0.15) is 58.8 Å². The van der Waals surface area contributed by atoms with Crippen molar-refractivity contribution in [2.45, 2.75) is 64.9 Å². The topological polar surface area (TPSA) is 20.2 Å². The lowest BCUT2D eigenvalue weighted by atomic mass is 9.77. The van der Waals surface area contributed by atoms with Crippen molar-refractivity contribution < 1.29 is 5.11 Å². The van der Waals surface area contributed by atoms with Gasteiger partial charge in [-0.2, -0.15) is 0 Å². The van der Waals surface area contributed by atoms with E-state index in [1.807, 2.05) is 0 Å². The van der Waals surface area contributed by atoms with Gasteiger partial charge in [0.25, 0.3) is 0 Å². The highest BCUT2D eigenvalue weighted by molar-refractivity contribution is 4.98. The van der Waals surface area contributed by atoms with E-state index in [-0.39, 0.29) is 6.10 Å². The van der Waals surface area contributed by atoms with Crippen molar-refractivity contribution in [2.75, 3.05) is 0 Å². The maximum Gasteiger partial charge on any atom is 0.0545 e. The summed E-state index contributed by atoms with van der Waals surface area (Å²) in [6.07, 6.45) is 8.78. The van der Waals surface area contributed by atoms with Crippen molar-refractivity contribution in [3.8, 4) is 0 Å². The van der Waals surface area contributed by atoms with Crippen LogP contribution in [-0.4, -0.2) is 11.2 Å². The molecule has 0 aromatic carbocycles. The molecule has 2 aliphatic rings. The molecular formula is C12H22O. The number of rotatable bonds is 1. The highest BCUT2D eigenvalue weighted by Gasteiger charge is 2.47. The van der Waals surface area contributed by atoms with Gasteiger partial charge in [0.05, 0.1) is 6.10 Å². The smallest absolute Gasteiger partial charge is 0.0545 e. The Hall–Kier alpha value is -0.0400. The number of aliphatic hydroxyl groups is 1. The highest BCUT2D eigenvalue weighted by Crippen LogP contribution is 2.57. The first-order chi connectivity index (χ1) is 6.08. The Morgan fingerprint density at radius 3 is 2.77 bits per heavy atom. The van der Waals surface area contributed by atoms with Crippen molar-refractivity contribution in [1.29, 1.82) is 0 Å². The summed E-state index contributed by atoms with van der Waals surface area (Å²) < 4.78 is 0. The third-order valence-electron chi connectivity index (χ3n) is 4.55. The summed E-state index contributed by atoms with van der Waals surface area (Å²) in [4.78, 5) is 0. The standard InChI is InChI=1S/C12H22O/c1-3-12-5-4-10(13)8-11(2,9-12)6-7-12/h10,13H,3-9H2,1-2H3. The van der Waals surface area contributed by atoms with Crippen LogP contribution >= 0.6 is 0 Å². The van der Waals surface area contributed by atoms with Crippen LogP contribution in [0.2, 0.25) is 0 Å². The van der Waals surface area contributed by atoms with Gasteiger partial charge >= 0.3 is 0 Å². The molecule has 3 unspecified atom stereocenters. The van der Waals surface area contributed by atoms with E-state index in [0.717, 1.165) is 12.8 Å². The zero-order valence-electron chi connectivity index (χ0n) is 8.97. The number of hydrogen-bond donors (Lipinski definition) is 1. The van der Waals surface area contributed by atoms with Crippen LogP contribution in [0.5, 0.6) is 0 Å². The quantitative estimate of drug-likeness (QED) is 0.660. The number of hydrogen-bond acceptors (Lipinski definition) is 1. The molecule has 2 fully saturated rings. The van der Waals surface area contributed by atoms with Crippen LogP contribution in [0.25, 0.3) is 0 Å². The molecule has 76 valence electrons. The van der Waals surface area contributed by atoms with Crippen LogP contribution in [0.3, 0.4) is 0 Å². The minimum Gasteiger partial charge on any atom is -0.393 e. The molecule has 0 aliphatic heterocycles. The van der Waals surface area contributed by atoms with E-state index in [1.165, 1.54) is 32.1 Å². The van der Waals surface area contributed by atoms with Crippen molar-refractivity contribution in [3.05, 3.63) is 0 Å². The molecule has 2 aliphatic carbocycles. The van der Waals surface area contributed by atoms with E-state index < -0.39 is 0 Å². The molecule has 1 heteroatoms. The molecule has 1 N–H and O–H groups in total. The van der Waals surface area contributed by atoms with Gasteiger partial charge in [-0.1, -0.05) is 20.3 Å². The molecule has 13 heavy (non-hydrogen) atoms. The largest absolute Gasteiger partial charge is 0.393 e. The third kappa shape index (κ3) is 1.63. The Morgan fingerprint density at radius 2 is 2.08 bits per heavy atom. The van der Waals surface area contributed by atoms with Gasteiger partial charge in [-0.05, 0) is 49.4 Å². The fraction of sp³-hybridized carbons (Fsp3) is 1.00. The fourth-order valence-corrected chi connectivity index (χ4v) is 3.66. The summed E-state index contributed by atoms with van der Waals surface area (Å²) >= 11 is 0. The van der Waals surface area contributed by atoms with Gasteiger partial charge in [-0.3, -0.25) is 0 Å². The molecule has 3 atom stereocenters. The minimum absolute atomic E-state index is 0.0151. The second kappa shape index (κ2) is 2.98. The molecule has 2 saturated carbocycles. The lowest BCUT2D eigenvalue weighted by Gasteiger charge is -2.27. The molecule has 2 bridgehead atoms. The van der Waals surface area contributed by atoms with Gasteiger partial charge < -0.3 is 5.11 Å². The van der Waals surface area contributed by atoms with Crippen LogP contribution in [0, 0.1) is 10.8 Å². The summed E-state index contributed by atoms with van der Waals surface area (Å²) in [5, 5.41) is 9.79. The summed E-state index contributed by atoms with van der Waals surface area (Å²) in [6, 6.07) is 0. The first kappa shape index (κ1) is 9.51. The van der Waals surface area contributed by atoms with Gasteiger partial charge in [0, 0.05) is 0 Å². The van der Waals surface area contributed by atoms with Gasteiger partial charge in [0.2, 0.25) is 0 Å². The highest BCUT2D eigenvalue weighted by atomic mass is 16.3. The second-order valence-electron chi connectivity index (χ2n) is 5.74. The Bertz CT molecular complexity index is 201. The van der Waals surface area contributed by atoms with Gasteiger partial charge in [0.1, 0.15) is 0 Å². The zero-order valence-corrected chi connectivity index (χ0v) is 8.97. The lowest BCUT2D eigenvalue weighted by Crippen LogP contribution is -2.18. The first-order valence-corrected chi connectivity index (χ1v) is 5.76. The Labute approximate surface area is 81.5 Å². The molecule has 0 aromatic heterocycles. The van der Waals surface area contributed by atoms with E-state index in [2.05, 4.69) is 13.8 Å². The predicted molar refractivity (Wildman–Crippen MR) is 54.5 cm³/mol. The summed E-state index contributed by atoms with van der Waals surface area (Å²) in [6.45, 7) is 4.70. The molecule has 0 saturated heterocycles. The first-order valence-electron chi connectivity index (χ1n) is 5.76. The number of aliphatic hydroxyl groups excluding tert-OH is 1. The minimum atomic E-state index is -0.0151. The van der Waals surface area contributed by atoms with Gasteiger partial charge in [-0.15, -0.1) is 0 Å². The maximum absolute atomic E-state index is 9.79. The molecule has 0 spiro atoms. The maximum atomic E-state index is 9.79. The van der Waals surface area contributed by atoms with E-state index in [1.54, 1.807) is 0 Å². The molecule has 0 radical (unpaired) electrons. The Balaban J connectivity index is 2.18. The van der Waals surface area contributed by atoms with Crippen LogP contribution in [0.4, 0.5) is 0 Å². The summed E-state index contributed by atoms with van der Waals surface area (Å²) in [7, 11) is 0. The van der Waals surface area contributed by atoms with Crippen molar-refractivity contribution >= 4 is 0 Å². The molecular weight excluding hydrogens is 160 g/mol. The van der Waals surface area contributed by atoms with Crippen molar-refractivity contribution in [2.24, 2.45) is 10.8 Å². The van der Waals surface area contributed by atoms with Crippen molar-refractivity contribution in [3.63, 3.8) is 0 Å². The van der Waals surface area contributed by atoms with E-state index in [9.17, 15) is 5.11 Å². The third-order valence-corrected chi connectivity index (χ3v) is 4.55. The van der Waals surface area contributed by atoms with E-state index in [0.29, 0.717) is 10.8 Å². The van der Waals surface area contributed by atoms with Crippen molar-refractivity contribution in [1.82, 2.24) is 0 Å². The Kier molecular flexibility index (Phi) is 2.18. The summed E-state index contributed by atoms with van der Waals surface area (Å²) in [5.41, 5.74) is 1.07. The molecule has 2 rings (SSSR count). The zero-order chi connectivity index (χ0) is 9.53. The molecule has 0 aromatic rings. The van der Waals surface area contributed by atoms with Gasteiger partial charge in [0.15, 0.2) is 0 Å². The molecule has 0 heterocycles. The Morgan fingerprint density at radius 1 is 1.31 bits per heavy atom. The monoisotopic (exact) mass is 182 g/mol. The van der Waals surface area contributed by atoms with Gasteiger partial charge in [-0.25, -0.2) is 0 Å². The molecule has 1 nitrogen and oxygen atoms in total. The normalized spacial score (nSPS) is 50.5. The average Bonchev–Trinajstić information content (AvgIpc) is 2.33. The van der Waals surface area contributed by atoms with Crippen LogP contribution in [0.15, 0.2) is 0 Å². The lowest BCUT2D eigenvalue weighted by molar-refractivity contribution is 0.106. The van der Waals surface area contributed by atoms with Crippen LogP contribution in [-0.2, 0) is 0 Å². The predicted octanol–water partition coefficient (Wildman–Crippen LogP) is 3.12. The second-order valence-corrected chi connectivity index (χ2v) is 5.74. The van der Waals surface area contributed by atoms with Crippen LogP contribution < -0.4 is 0 Å². The molecule has 0 amide bonds.